The van der Waals surface area contributed by atoms with Crippen molar-refractivity contribution in [2.45, 2.75) is 19.4 Å². The van der Waals surface area contributed by atoms with Crippen molar-refractivity contribution in [3.05, 3.63) is 71.5 Å². The predicted octanol–water partition coefficient (Wildman–Crippen LogP) is 5.43. The van der Waals surface area contributed by atoms with Gasteiger partial charge in [0.15, 0.2) is 6.10 Å². The molecular formula is C20H17ClFNO2. The summed E-state index contributed by atoms with van der Waals surface area (Å²) in [6, 6.07) is 17.6. The van der Waals surface area contributed by atoms with E-state index >= 15 is 0 Å². The molecule has 0 fully saturated rings. The fourth-order valence-electron chi connectivity index (χ4n) is 2.57. The van der Waals surface area contributed by atoms with Crippen molar-refractivity contribution in [3.8, 4) is 5.75 Å². The molecule has 0 aliphatic heterocycles. The Morgan fingerprint density at radius 1 is 1.16 bits per heavy atom. The van der Waals surface area contributed by atoms with Crippen LogP contribution in [0.4, 0.5) is 10.1 Å². The topological polar surface area (TPSA) is 38.3 Å². The van der Waals surface area contributed by atoms with Crippen molar-refractivity contribution in [2.24, 2.45) is 0 Å². The van der Waals surface area contributed by atoms with Crippen LogP contribution >= 0.6 is 11.6 Å². The molecule has 1 atom stereocenters. The monoisotopic (exact) mass is 357 g/mol. The number of benzene rings is 3. The number of anilines is 1. The quantitative estimate of drug-likeness (QED) is 0.661. The van der Waals surface area contributed by atoms with Crippen LogP contribution in [0, 0.1) is 5.82 Å². The van der Waals surface area contributed by atoms with Gasteiger partial charge in [-0.25, -0.2) is 4.39 Å². The van der Waals surface area contributed by atoms with E-state index in [0.29, 0.717) is 17.9 Å². The van der Waals surface area contributed by atoms with Gasteiger partial charge in [0.2, 0.25) is 0 Å². The van der Waals surface area contributed by atoms with Gasteiger partial charge in [-0.3, -0.25) is 4.79 Å². The first-order valence-electron chi connectivity index (χ1n) is 7.99. The average molecular weight is 358 g/mol. The second-order valence-corrected chi connectivity index (χ2v) is 6.02. The third kappa shape index (κ3) is 3.91. The van der Waals surface area contributed by atoms with Crippen LogP contribution in [0.15, 0.2) is 60.7 Å². The van der Waals surface area contributed by atoms with Crippen LogP contribution in [0.1, 0.15) is 13.3 Å². The van der Waals surface area contributed by atoms with Gasteiger partial charge in [-0.1, -0.05) is 54.9 Å². The number of ether oxygens (including phenoxy) is 1. The Labute approximate surface area is 150 Å². The standard InChI is InChI=1S/C20H17ClFNO2/c1-2-18(20(24)23-14-10-11-17(22)16(21)12-14)25-19-9-5-7-13-6-3-4-8-15(13)19/h3-12,18H,2H2,1H3,(H,23,24)/t18-/m1/s1. The molecule has 0 aliphatic carbocycles. The van der Waals surface area contributed by atoms with Crippen molar-refractivity contribution >= 4 is 34.0 Å². The molecule has 0 aliphatic rings. The van der Waals surface area contributed by atoms with E-state index in [1.54, 1.807) is 0 Å². The van der Waals surface area contributed by atoms with Crippen LogP contribution in [-0.2, 0) is 4.79 Å². The minimum absolute atomic E-state index is 0.0409. The van der Waals surface area contributed by atoms with Gasteiger partial charge in [0.1, 0.15) is 11.6 Å². The summed E-state index contributed by atoms with van der Waals surface area (Å²) in [6.45, 7) is 1.87. The molecule has 0 saturated carbocycles. The Morgan fingerprint density at radius 3 is 2.68 bits per heavy atom. The molecule has 0 aromatic heterocycles. The van der Waals surface area contributed by atoms with Crippen molar-refractivity contribution in [2.75, 3.05) is 5.32 Å². The van der Waals surface area contributed by atoms with Gasteiger partial charge in [0.05, 0.1) is 5.02 Å². The van der Waals surface area contributed by atoms with Crippen molar-refractivity contribution in [1.29, 1.82) is 0 Å². The number of halogens is 2. The van der Waals surface area contributed by atoms with E-state index in [1.165, 1.54) is 18.2 Å². The van der Waals surface area contributed by atoms with E-state index in [2.05, 4.69) is 5.32 Å². The van der Waals surface area contributed by atoms with E-state index in [9.17, 15) is 9.18 Å². The minimum Gasteiger partial charge on any atom is -0.480 e. The van der Waals surface area contributed by atoms with Crippen LogP contribution in [0.3, 0.4) is 0 Å². The smallest absolute Gasteiger partial charge is 0.265 e. The first kappa shape index (κ1) is 17.2. The van der Waals surface area contributed by atoms with Crippen LogP contribution in [0.5, 0.6) is 5.75 Å². The third-order valence-corrected chi connectivity index (χ3v) is 4.16. The van der Waals surface area contributed by atoms with Crippen molar-refractivity contribution in [3.63, 3.8) is 0 Å². The Balaban J connectivity index is 1.79. The van der Waals surface area contributed by atoms with Crippen LogP contribution < -0.4 is 10.1 Å². The first-order valence-corrected chi connectivity index (χ1v) is 8.36. The highest BCUT2D eigenvalue weighted by molar-refractivity contribution is 6.31. The molecule has 0 spiro atoms. The fraction of sp³-hybridized carbons (Fsp3) is 0.150. The highest BCUT2D eigenvalue weighted by Crippen LogP contribution is 2.27. The summed E-state index contributed by atoms with van der Waals surface area (Å²) in [4.78, 5) is 12.5. The molecule has 3 aromatic rings. The molecule has 0 radical (unpaired) electrons. The Morgan fingerprint density at radius 2 is 1.92 bits per heavy atom. The molecule has 0 saturated heterocycles. The van der Waals surface area contributed by atoms with Gasteiger partial charge >= 0.3 is 0 Å². The molecule has 1 N–H and O–H groups in total. The van der Waals surface area contributed by atoms with Gasteiger partial charge in [-0.05, 0) is 36.1 Å². The Kier molecular flexibility index (Phi) is 5.19. The van der Waals surface area contributed by atoms with Crippen molar-refractivity contribution in [1.82, 2.24) is 0 Å². The number of rotatable bonds is 5. The molecule has 3 rings (SSSR count). The lowest BCUT2D eigenvalue weighted by atomic mass is 10.1. The van der Waals surface area contributed by atoms with Crippen LogP contribution in [0.2, 0.25) is 5.02 Å². The third-order valence-electron chi connectivity index (χ3n) is 3.87. The highest BCUT2D eigenvalue weighted by atomic mass is 35.5. The van der Waals surface area contributed by atoms with E-state index < -0.39 is 11.9 Å². The highest BCUT2D eigenvalue weighted by Gasteiger charge is 2.19. The van der Waals surface area contributed by atoms with Gasteiger partial charge < -0.3 is 10.1 Å². The summed E-state index contributed by atoms with van der Waals surface area (Å²) in [6.07, 6.45) is -0.182. The summed E-state index contributed by atoms with van der Waals surface area (Å²) in [5.41, 5.74) is 0.427. The maximum absolute atomic E-state index is 13.2. The maximum Gasteiger partial charge on any atom is 0.265 e. The van der Waals surface area contributed by atoms with Gasteiger partial charge in [0.25, 0.3) is 5.91 Å². The molecule has 3 aromatic carbocycles. The summed E-state index contributed by atoms with van der Waals surface area (Å²) in [5.74, 6) is -0.186. The number of carbonyl (C=O) groups is 1. The Bertz CT molecular complexity index is 908. The van der Waals surface area contributed by atoms with Gasteiger partial charge in [-0.15, -0.1) is 0 Å². The minimum atomic E-state index is -0.672. The largest absolute Gasteiger partial charge is 0.480 e. The van der Waals surface area contributed by atoms with E-state index in [4.69, 9.17) is 16.3 Å². The van der Waals surface area contributed by atoms with Crippen LogP contribution in [-0.4, -0.2) is 12.0 Å². The lowest BCUT2D eigenvalue weighted by molar-refractivity contribution is -0.122. The second kappa shape index (κ2) is 7.53. The molecule has 3 nitrogen and oxygen atoms in total. The number of fused-ring (bicyclic) bond motifs is 1. The van der Waals surface area contributed by atoms with Gasteiger partial charge in [0, 0.05) is 11.1 Å². The molecule has 0 unspecified atom stereocenters. The zero-order valence-corrected chi connectivity index (χ0v) is 14.4. The molecule has 5 heteroatoms. The molecule has 25 heavy (non-hydrogen) atoms. The number of nitrogens with one attached hydrogen (secondary N) is 1. The number of hydrogen-bond donors (Lipinski definition) is 1. The normalized spacial score (nSPS) is 12.0. The summed E-state index contributed by atoms with van der Waals surface area (Å²) in [7, 11) is 0. The molecule has 0 heterocycles. The molecule has 128 valence electrons. The number of hydrogen-bond acceptors (Lipinski definition) is 2. The molecule has 0 bridgehead atoms. The fourth-order valence-corrected chi connectivity index (χ4v) is 2.75. The zero-order chi connectivity index (χ0) is 17.8. The molecule has 1 amide bonds. The molecular weight excluding hydrogens is 341 g/mol. The maximum atomic E-state index is 13.2. The number of carbonyl (C=O) groups excluding carboxylic acids is 1. The van der Waals surface area contributed by atoms with E-state index in [-0.39, 0.29) is 10.9 Å². The lowest BCUT2D eigenvalue weighted by Crippen LogP contribution is -2.32. The Hall–Kier alpha value is -2.59. The van der Waals surface area contributed by atoms with Crippen LogP contribution in [0.25, 0.3) is 10.8 Å². The van der Waals surface area contributed by atoms with Gasteiger partial charge in [-0.2, -0.15) is 0 Å². The summed E-state index contributed by atoms with van der Waals surface area (Å²) >= 11 is 5.75. The first-order chi connectivity index (χ1) is 12.1. The van der Waals surface area contributed by atoms with Crippen molar-refractivity contribution < 1.29 is 13.9 Å². The second-order valence-electron chi connectivity index (χ2n) is 5.61. The number of amides is 1. The van der Waals surface area contributed by atoms with E-state index in [0.717, 1.165) is 10.8 Å². The van der Waals surface area contributed by atoms with E-state index in [1.807, 2.05) is 49.4 Å². The lowest BCUT2D eigenvalue weighted by Gasteiger charge is -2.18. The predicted molar refractivity (Wildman–Crippen MR) is 98.7 cm³/mol. The summed E-state index contributed by atoms with van der Waals surface area (Å²) < 4.78 is 19.2. The average Bonchev–Trinajstić information content (AvgIpc) is 2.62. The summed E-state index contributed by atoms with van der Waals surface area (Å²) in [5, 5.41) is 4.66. The SMILES string of the molecule is CC[C@@H](Oc1cccc2ccccc12)C(=O)Nc1ccc(F)c(Cl)c1. The zero-order valence-electron chi connectivity index (χ0n) is 13.6.